The van der Waals surface area contributed by atoms with Crippen molar-refractivity contribution in [2.24, 2.45) is 5.92 Å². The first-order valence-electron chi connectivity index (χ1n) is 9.24. The quantitative estimate of drug-likeness (QED) is 0.751. The summed E-state index contributed by atoms with van der Waals surface area (Å²) < 4.78 is 10.5. The number of rotatable bonds is 4. The number of para-hydroxylation sites is 1. The van der Waals surface area contributed by atoms with Crippen LogP contribution in [-0.4, -0.2) is 36.3 Å². The van der Waals surface area contributed by atoms with Crippen LogP contribution in [0, 0.1) is 5.92 Å². The number of nitrogens with one attached hydrogen (secondary N) is 1. The van der Waals surface area contributed by atoms with E-state index in [1.165, 1.54) is 18.6 Å². The Kier molecular flexibility index (Phi) is 4.97. The summed E-state index contributed by atoms with van der Waals surface area (Å²) in [4.78, 5) is 38.6. The van der Waals surface area contributed by atoms with Gasteiger partial charge in [0, 0.05) is 25.7 Å². The smallest absolute Gasteiger partial charge is 0.287 e. The van der Waals surface area contributed by atoms with E-state index in [1.54, 1.807) is 35.2 Å². The topological polar surface area (TPSA) is 92.8 Å². The highest BCUT2D eigenvalue weighted by Gasteiger charge is 2.24. The minimum absolute atomic E-state index is 0.0104. The number of benzene rings is 1. The van der Waals surface area contributed by atoms with Crippen LogP contribution < -0.4 is 10.7 Å². The Morgan fingerprint density at radius 1 is 1.14 bits per heavy atom. The summed E-state index contributed by atoms with van der Waals surface area (Å²) in [5, 5.41) is 3.29. The van der Waals surface area contributed by atoms with Gasteiger partial charge in [0.1, 0.15) is 11.8 Å². The highest BCUT2D eigenvalue weighted by atomic mass is 16.3. The molecule has 0 radical (unpaired) electrons. The van der Waals surface area contributed by atoms with Crippen LogP contribution in [0.15, 0.2) is 62.6 Å². The maximum atomic E-state index is 12.4. The van der Waals surface area contributed by atoms with Crippen LogP contribution in [0.3, 0.4) is 0 Å². The molecular weight excluding hydrogens is 360 g/mol. The average Bonchev–Trinajstić information content (AvgIpc) is 3.27. The first-order valence-corrected chi connectivity index (χ1v) is 9.24. The molecule has 0 saturated carbocycles. The molecule has 0 aliphatic carbocycles. The minimum Gasteiger partial charge on any atom is -0.472 e. The van der Waals surface area contributed by atoms with Crippen LogP contribution in [0.5, 0.6) is 0 Å². The minimum atomic E-state index is -0.403. The van der Waals surface area contributed by atoms with Crippen molar-refractivity contribution in [3.63, 3.8) is 0 Å². The van der Waals surface area contributed by atoms with Crippen LogP contribution in [0.25, 0.3) is 11.0 Å². The number of amides is 2. The van der Waals surface area contributed by atoms with Gasteiger partial charge in [-0.05, 0) is 37.0 Å². The first kappa shape index (κ1) is 18.0. The molecule has 1 aromatic carbocycles. The Labute approximate surface area is 160 Å². The van der Waals surface area contributed by atoms with E-state index >= 15 is 0 Å². The zero-order valence-corrected chi connectivity index (χ0v) is 15.2. The Balaban J connectivity index is 1.32. The van der Waals surface area contributed by atoms with Gasteiger partial charge in [-0.25, -0.2) is 0 Å². The summed E-state index contributed by atoms with van der Waals surface area (Å²) in [6, 6.07) is 9.73. The molecule has 1 aliphatic heterocycles. The van der Waals surface area contributed by atoms with Crippen molar-refractivity contribution in [1.82, 2.24) is 10.2 Å². The third-order valence-electron chi connectivity index (χ3n) is 5.08. The van der Waals surface area contributed by atoms with Gasteiger partial charge in [-0.3, -0.25) is 14.4 Å². The van der Waals surface area contributed by atoms with Gasteiger partial charge in [-0.1, -0.05) is 12.1 Å². The molecule has 0 unspecified atom stereocenters. The third-order valence-corrected chi connectivity index (χ3v) is 5.08. The SMILES string of the molecule is O=C(NCC1CCN(C(=O)c2ccoc2)CC1)c1cc(=O)c2ccccc2o1. The summed E-state index contributed by atoms with van der Waals surface area (Å²) in [5.74, 6) is -0.158. The number of hydrogen-bond acceptors (Lipinski definition) is 5. The predicted octanol–water partition coefficient (Wildman–Crippen LogP) is 2.67. The molecule has 144 valence electrons. The van der Waals surface area contributed by atoms with Gasteiger partial charge in [0.15, 0.2) is 11.2 Å². The molecular formula is C21H20N2O5. The van der Waals surface area contributed by atoms with Crippen LogP contribution in [-0.2, 0) is 0 Å². The zero-order valence-electron chi connectivity index (χ0n) is 15.2. The van der Waals surface area contributed by atoms with Crippen LogP contribution in [0.2, 0.25) is 0 Å². The van der Waals surface area contributed by atoms with Gasteiger partial charge >= 0.3 is 0 Å². The molecule has 3 heterocycles. The van der Waals surface area contributed by atoms with Gasteiger partial charge in [0.2, 0.25) is 0 Å². The van der Waals surface area contributed by atoms with E-state index in [0.717, 1.165) is 12.8 Å². The van der Waals surface area contributed by atoms with Gasteiger partial charge in [-0.15, -0.1) is 0 Å². The van der Waals surface area contributed by atoms with Crippen LogP contribution in [0.1, 0.15) is 33.8 Å². The maximum absolute atomic E-state index is 12.4. The van der Waals surface area contributed by atoms with Crippen molar-refractivity contribution in [2.45, 2.75) is 12.8 Å². The zero-order chi connectivity index (χ0) is 19.5. The van der Waals surface area contributed by atoms with Crippen molar-refractivity contribution in [3.8, 4) is 0 Å². The predicted molar refractivity (Wildman–Crippen MR) is 102 cm³/mol. The van der Waals surface area contributed by atoms with E-state index < -0.39 is 5.91 Å². The number of carbonyl (C=O) groups is 2. The molecule has 0 spiro atoms. The summed E-state index contributed by atoms with van der Waals surface area (Å²) in [6.45, 7) is 1.74. The Morgan fingerprint density at radius 3 is 2.68 bits per heavy atom. The number of carbonyl (C=O) groups excluding carboxylic acids is 2. The molecule has 1 aliphatic rings. The van der Waals surface area contributed by atoms with E-state index in [2.05, 4.69) is 5.32 Å². The number of hydrogen-bond donors (Lipinski definition) is 1. The molecule has 1 fully saturated rings. The van der Waals surface area contributed by atoms with Gasteiger partial charge < -0.3 is 19.1 Å². The summed E-state index contributed by atoms with van der Waals surface area (Å²) in [7, 11) is 0. The number of nitrogens with zero attached hydrogens (tertiary/aromatic N) is 1. The normalized spacial score (nSPS) is 14.9. The van der Waals surface area contributed by atoms with Crippen molar-refractivity contribution in [2.75, 3.05) is 19.6 Å². The first-order chi connectivity index (χ1) is 13.6. The van der Waals surface area contributed by atoms with Crippen molar-refractivity contribution < 1.29 is 18.4 Å². The highest BCUT2D eigenvalue weighted by Crippen LogP contribution is 2.19. The van der Waals surface area contributed by atoms with Gasteiger partial charge in [0.05, 0.1) is 17.2 Å². The monoisotopic (exact) mass is 380 g/mol. The number of fused-ring (bicyclic) bond motifs is 1. The Hall–Kier alpha value is -3.35. The summed E-state index contributed by atoms with van der Waals surface area (Å²) >= 11 is 0. The van der Waals surface area contributed by atoms with E-state index in [4.69, 9.17) is 8.83 Å². The lowest BCUT2D eigenvalue weighted by atomic mass is 9.96. The lowest BCUT2D eigenvalue weighted by Gasteiger charge is -2.31. The molecule has 7 heteroatoms. The molecule has 1 saturated heterocycles. The average molecular weight is 380 g/mol. The number of furan rings is 1. The molecule has 28 heavy (non-hydrogen) atoms. The van der Waals surface area contributed by atoms with Crippen molar-refractivity contribution in [1.29, 1.82) is 0 Å². The Morgan fingerprint density at radius 2 is 1.93 bits per heavy atom. The molecule has 2 amide bonds. The molecule has 0 bridgehead atoms. The maximum Gasteiger partial charge on any atom is 0.287 e. The lowest BCUT2D eigenvalue weighted by Crippen LogP contribution is -2.41. The highest BCUT2D eigenvalue weighted by molar-refractivity contribution is 5.94. The second-order valence-corrected chi connectivity index (χ2v) is 6.93. The van der Waals surface area contributed by atoms with Crippen molar-refractivity contribution in [3.05, 3.63) is 70.5 Å². The largest absolute Gasteiger partial charge is 0.472 e. The van der Waals surface area contributed by atoms with Crippen LogP contribution in [0.4, 0.5) is 0 Å². The summed E-state index contributed by atoms with van der Waals surface area (Å²) in [5.41, 5.74) is 0.711. The molecule has 1 N–H and O–H groups in total. The summed E-state index contributed by atoms with van der Waals surface area (Å²) in [6.07, 6.45) is 4.53. The Bertz CT molecular complexity index is 1050. The van der Waals surface area contributed by atoms with E-state index in [9.17, 15) is 14.4 Å². The lowest BCUT2D eigenvalue weighted by molar-refractivity contribution is 0.0682. The van der Waals surface area contributed by atoms with Gasteiger partial charge in [-0.2, -0.15) is 0 Å². The number of piperidine rings is 1. The molecule has 3 aromatic rings. The second-order valence-electron chi connectivity index (χ2n) is 6.93. The molecule has 2 aromatic heterocycles. The number of likely N-dealkylation sites (tertiary alicyclic amines) is 1. The fraction of sp³-hybridized carbons (Fsp3) is 0.286. The molecule has 4 rings (SSSR count). The fourth-order valence-corrected chi connectivity index (χ4v) is 3.45. The fourth-order valence-electron chi connectivity index (χ4n) is 3.45. The van der Waals surface area contributed by atoms with E-state index in [0.29, 0.717) is 36.2 Å². The van der Waals surface area contributed by atoms with E-state index in [-0.39, 0.29) is 23.0 Å². The van der Waals surface area contributed by atoms with Gasteiger partial charge in [0.25, 0.3) is 11.8 Å². The van der Waals surface area contributed by atoms with Crippen molar-refractivity contribution >= 4 is 22.8 Å². The molecule has 0 atom stereocenters. The van der Waals surface area contributed by atoms with Crippen LogP contribution >= 0.6 is 0 Å². The van der Waals surface area contributed by atoms with E-state index in [1.807, 2.05) is 0 Å². The third kappa shape index (κ3) is 3.69. The molecule has 7 nitrogen and oxygen atoms in total. The second kappa shape index (κ2) is 7.72. The standard InChI is InChI=1S/C21H20N2O5/c24-17-11-19(28-18-4-2-1-3-16(17)18)20(25)22-12-14-5-8-23(9-6-14)21(26)15-7-10-27-13-15/h1-4,7,10-11,13-14H,5-6,8-9,12H2,(H,22,25).